The normalized spacial score (nSPS) is 18.2. The van der Waals surface area contributed by atoms with Gasteiger partial charge in [-0.25, -0.2) is 4.98 Å². The molecular weight excluding hydrogens is 298 g/mol. The van der Waals surface area contributed by atoms with E-state index in [4.69, 9.17) is 16.3 Å². The molecule has 4 nitrogen and oxygen atoms in total. The number of pyridine rings is 1. The van der Waals surface area contributed by atoms with Crippen LogP contribution in [0.15, 0.2) is 36.5 Å². The highest BCUT2D eigenvalue weighted by Gasteiger charge is 2.47. The molecule has 1 saturated heterocycles. The molecule has 2 aromatic rings. The Balaban J connectivity index is 1.63. The highest BCUT2D eigenvalue weighted by atomic mass is 35.5. The van der Waals surface area contributed by atoms with Gasteiger partial charge in [0.1, 0.15) is 11.6 Å². The fraction of sp³-hybridized carbons (Fsp3) is 0.353. The minimum absolute atomic E-state index is 0.180. The second-order valence-corrected chi connectivity index (χ2v) is 6.55. The molecule has 2 aliphatic rings. The molecular formula is C17H18ClN3O. The lowest BCUT2D eigenvalue weighted by Gasteiger charge is -2.39. The van der Waals surface area contributed by atoms with E-state index in [1.54, 1.807) is 13.3 Å². The van der Waals surface area contributed by atoms with Gasteiger partial charge in [0.2, 0.25) is 0 Å². The molecule has 0 radical (unpaired) electrons. The van der Waals surface area contributed by atoms with Crippen LogP contribution in [0.2, 0.25) is 5.02 Å². The van der Waals surface area contributed by atoms with Crippen molar-refractivity contribution >= 4 is 17.4 Å². The van der Waals surface area contributed by atoms with Gasteiger partial charge in [0.25, 0.3) is 0 Å². The Morgan fingerprint density at radius 2 is 2.09 bits per heavy atom. The molecule has 1 N–H and O–H groups in total. The van der Waals surface area contributed by atoms with E-state index in [1.807, 2.05) is 12.1 Å². The van der Waals surface area contributed by atoms with E-state index in [1.165, 1.54) is 11.1 Å². The van der Waals surface area contributed by atoms with Crippen LogP contribution < -0.4 is 15.0 Å². The molecule has 2 aliphatic heterocycles. The summed E-state index contributed by atoms with van der Waals surface area (Å²) in [7, 11) is 1.69. The largest absolute Gasteiger partial charge is 0.497 e. The average Bonchev–Trinajstić information content (AvgIpc) is 2.82. The Bertz CT molecular complexity index is 698. The molecule has 1 spiro atoms. The van der Waals surface area contributed by atoms with Gasteiger partial charge in [-0.3, -0.25) is 0 Å². The number of halogens is 1. The van der Waals surface area contributed by atoms with Crippen LogP contribution in [0.1, 0.15) is 11.1 Å². The molecule has 1 aromatic heterocycles. The van der Waals surface area contributed by atoms with Crippen LogP contribution in [-0.4, -0.2) is 31.7 Å². The van der Waals surface area contributed by atoms with Crippen molar-refractivity contribution in [3.63, 3.8) is 0 Å². The summed E-state index contributed by atoms with van der Waals surface area (Å²) in [5, 5.41) is 4.11. The first-order valence-electron chi connectivity index (χ1n) is 7.45. The van der Waals surface area contributed by atoms with E-state index < -0.39 is 0 Å². The summed E-state index contributed by atoms with van der Waals surface area (Å²) < 4.78 is 5.22. The molecule has 22 heavy (non-hydrogen) atoms. The number of fused-ring (bicyclic) bond motifs is 2. The molecule has 114 valence electrons. The Labute approximate surface area is 135 Å². The first-order valence-corrected chi connectivity index (χ1v) is 7.83. The lowest BCUT2D eigenvalue weighted by atomic mass is 9.77. The molecule has 3 heterocycles. The number of hydrogen-bond acceptors (Lipinski definition) is 4. The maximum atomic E-state index is 6.16. The van der Waals surface area contributed by atoms with Gasteiger partial charge in [0.05, 0.1) is 12.1 Å². The van der Waals surface area contributed by atoms with Gasteiger partial charge < -0.3 is 15.0 Å². The second kappa shape index (κ2) is 5.14. The van der Waals surface area contributed by atoms with Crippen molar-refractivity contribution in [3.05, 3.63) is 52.7 Å². The molecule has 0 unspecified atom stereocenters. The molecule has 1 fully saturated rings. The van der Waals surface area contributed by atoms with E-state index in [0.717, 1.165) is 42.8 Å². The zero-order valence-electron chi connectivity index (χ0n) is 12.5. The van der Waals surface area contributed by atoms with Gasteiger partial charge in [-0.05, 0) is 23.8 Å². The summed E-state index contributed by atoms with van der Waals surface area (Å²) in [6, 6.07) is 10.3. The number of benzene rings is 1. The van der Waals surface area contributed by atoms with Gasteiger partial charge in [-0.1, -0.05) is 23.7 Å². The monoisotopic (exact) mass is 315 g/mol. The number of nitrogens with zero attached hydrogens (tertiary/aromatic N) is 2. The summed E-state index contributed by atoms with van der Waals surface area (Å²) in [4.78, 5) is 6.94. The summed E-state index contributed by atoms with van der Waals surface area (Å²) in [6.07, 6.45) is 1.74. The third-order valence-corrected chi connectivity index (χ3v) is 4.86. The first kappa shape index (κ1) is 13.9. The molecule has 1 aromatic carbocycles. The summed E-state index contributed by atoms with van der Waals surface area (Å²) >= 11 is 6.16. The minimum atomic E-state index is 0.180. The van der Waals surface area contributed by atoms with Crippen LogP contribution >= 0.6 is 11.6 Å². The highest BCUT2D eigenvalue weighted by molar-refractivity contribution is 6.30. The predicted molar refractivity (Wildman–Crippen MR) is 87.8 cm³/mol. The SMILES string of the molecule is COc1ccc(CN2CC3(CNC3)c3cc(Cl)cnc32)cc1. The van der Waals surface area contributed by atoms with Crippen LogP contribution in [0.3, 0.4) is 0 Å². The summed E-state index contributed by atoms with van der Waals surface area (Å²) in [5.41, 5.74) is 2.72. The maximum Gasteiger partial charge on any atom is 0.132 e. The van der Waals surface area contributed by atoms with Gasteiger partial charge >= 0.3 is 0 Å². The number of anilines is 1. The van der Waals surface area contributed by atoms with Crippen molar-refractivity contribution in [1.82, 2.24) is 10.3 Å². The second-order valence-electron chi connectivity index (χ2n) is 6.11. The van der Waals surface area contributed by atoms with Crippen molar-refractivity contribution in [3.8, 4) is 5.75 Å². The van der Waals surface area contributed by atoms with E-state index in [9.17, 15) is 0 Å². The number of nitrogens with one attached hydrogen (secondary N) is 1. The minimum Gasteiger partial charge on any atom is -0.497 e. The molecule has 5 heteroatoms. The Hall–Kier alpha value is -1.78. The smallest absolute Gasteiger partial charge is 0.132 e. The van der Waals surface area contributed by atoms with Crippen molar-refractivity contribution in [1.29, 1.82) is 0 Å². The van der Waals surface area contributed by atoms with Crippen LogP contribution in [0.25, 0.3) is 0 Å². The number of methoxy groups -OCH3 is 1. The molecule has 0 bridgehead atoms. The predicted octanol–water partition coefficient (Wildman–Crippen LogP) is 2.60. The van der Waals surface area contributed by atoms with Crippen molar-refractivity contribution in [2.24, 2.45) is 0 Å². The number of aromatic nitrogens is 1. The van der Waals surface area contributed by atoms with Crippen LogP contribution in [0, 0.1) is 0 Å². The zero-order valence-corrected chi connectivity index (χ0v) is 13.2. The fourth-order valence-corrected chi connectivity index (χ4v) is 3.57. The third kappa shape index (κ3) is 2.14. The summed E-state index contributed by atoms with van der Waals surface area (Å²) in [5.74, 6) is 1.96. The Morgan fingerprint density at radius 3 is 2.73 bits per heavy atom. The van der Waals surface area contributed by atoms with Crippen LogP contribution in [0.4, 0.5) is 5.82 Å². The Kier molecular flexibility index (Phi) is 3.24. The first-order chi connectivity index (χ1) is 10.7. The molecule has 0 atom stereocenters. The standard InChI is InChI=1S/C17H18ClN3O/c1-22-14-4-2-12(3-5-14)8-21-11-17(9-19-10-17)15-6-13(18)7-20-16(15)21/h2-7,19H,8-11H2,1H3. The van der Waals surface area contributed by atoms with Gasteiger partial charge in [0, 0.05) is 43.4 Å². The van der Waals surface area contributed by atoms with Gasteiger partial charge in [0.15, 0.2) is 0 Å². The van der Waals surface area contributed by atoms with E-state index in [2.05, 4.69) is 33.4 Å². The molecule has 4 rings (SSSR count). The van der Waals surface area contributed by atoms with E-state index >= 15 is 0 Å². The number of rotatable bonds is 3. The van der Waals surface area contributed by atoms with E-state index in [0.29, 0.717) is 0 Å². The molecule has 0 aliphatic carbocycles. The maximum absolute atomic E-state index is 6.16. The van der Waals surface area contributed by atoms with Crippen LogP contribution in [0.5, 0.6) is 5.75 Å². The van der Waals surface area contributed by atoms with Crippen molar-refractivity contribution in [2.45, 2.75) is 12.0 Å². The topological polar surface area (TPSA) is 37.4 Å². The van der Waals surface area contributed by atoms with Gasteiger partial charge in [-0.2, -0.15) is 0 Å². The Morgan fingerprint density at radius 1 is 1.32 bits per heavy atom. The fourth-order valence-electron chi connectivity index (χ4n) is 3.41. The number of ether oxygens (including phenoxy) is 1. The van der Waals surface area contributed by atoms with Crippen molar-refractivity contribution < 1.29 is 4.74 Å². The molecule has 0 saturated carbocycles. The lowest BCUT2D eigenvalue weighted by Crippen LogP contribution is -2.58. The lowest BCUT2D eigenvalue weighted by molar-refractivity contribution is 0.295. The van der Waals surface area contributed by atoms with Crippen molar-refractivity contribution in [2.75, 3.05) is 31.6 Å². The highest BCUT2D eigenvalue weighted by Crippen LogP contribution is 2.43. The quantitative estimate of drug-likeness (QED) is 0.945. The number of hydrogen-bond donors (Lipinski definition) is 1. The zero-order chi connectivity index (χ0) is 15.2. The van der Waals surface area contributed by atoms with E-state index in [-0.39, 0.29) is 5.41 Å². The van der Waals surface area contributed by atoms with Gasteiger partial charge in [-0.15, -0.1) is 0 Å². The average molecular weight is 316 g/mol. The third-order valence-electron chi connectivity index (χ3n) is 4.66. The van der Waals surface area contributed by atoms with Crippen LogP contribution in [-0.2, 0) is 12.0 Å². The summed E-state index contributed by atoms with van der Waals surface area (Å²) in [6.45, 7) is 3.85. The molecule has 0 amide bonds.